The van der Waals surface area contributed by atoms with Gasteiger partial charge in [-0.2, -0.15) is 0 Å². The van der Waals surface area contributed by atoms with Gasteiger partial charge in [0.1, 0.15) is 5.69 Å². The highest BCUT2D eigenvalue weighted by molar-refractivity contribution is 7.09. The number of rotatable bonds is 5. The monoisotopic (exact) mass is 255 g/mol. The Morgan fingerprint density at radius 2 is 2.59 bits per heavy atom. The molecule has 1 fully saturated rings. The molecule has 0 saturated carbocycles. The van der Waals surface area contributed by atoms with E-state index in [0.29, 0.717) is 24.7 Å². The normalized spacial score (nSPS) is 19.5. The van der Waals surface area contributed by atoms with Crippen LogP contribution in [0.2, 0.25) is 0 Å². The first kappa shape index (κ1) is 12.5. The van der Waals surface area contributed by atoms with Crippen molar-refractivity contribution in [2.45, 2.75) is 12.8 Å². The summed E-state index contributed by atoms with van der Waals surface area (Å²) in [6.07, 6.45) is 1.75. The van der Waals surface area contributed by atoms with Crippen molar-refractivity contribution in [2.75, 3.05) is 26.3 Å². The van der Waals surface area contributed by atoms with Gasteiger partial charge in [0.15, 0.2) is 0 Å². The van der Waals surface area contributed by atoms with Crippen LogP contribution in [0.4, 0.5) is 0 Å². The molecule has 1 aromatic heterocycles. The Morgan fingerprint density at radius 3 is 3.29 bits per heavy atom. The lowest BCUT2D eigenvalue weighted by molar-refractivity contribution is 0.0940. The third-order valence-corrected chi connectivity index (χ3v) is 3.63. The Bertz CT molecular complexity index is 375. The Hall–Kier alpha value is -0.980. The summed E-state index contributed by atoms with van der Waals surface area (Å²) in [5.74, 6) is 0.345. The number of carbonyl (C=O) groups is 1. The molecule has 0 bridgehead atoms. The minimum absolute atomic E-state index is 0.101. The van der Waals surface area contributed by atoms with Crippen LogP contribution in [0.3, 0.4) is 0 Å². The van der Waals surface area contributed by atoms with Crippen LogP contribution in [0.1, 0.15) is 21.9 Å². The average molecular weight is 255 g/mol. The first-order valence-electron chi connectivity index (χ1n) is 5.80. The third kappa shape index (κ3) is 3.49. The summed E-state index contributed by atoms with van der Waals surface area (Å²) in [7, 11) is 0. The van der Waals surface area contributed by atoms with Crippen LogP contribution >= 0.6 is 11.3 Å². The SMILES string of the molecule is NCCc1nc(C(=O)NCC2CCOC2)cs1. The third-order valence-electron chi connectivity index (χ3n) is 2.72. The first-order valence-corrected chi connectivity index (χ1v) is 6.68. The van der Waals surface area contributed by atoms with Crippen molar-refractivity contribution in [3.63, 3.8) is 0 Å². The van der Waals surface area contributed by atoms with Gasteiger partial charge < -0.3 is 15.8 Å². The lowest BCUT2D eigenvalue weighted by Gasteiger charge is -2.07. The largest absolute Gasteiger partial charge is 0.381 e. The van der Waals surface area contributed by atoms with Gasteiger partial charge in [-0.05, 0) is 13.0 Å². The highest BCUT2D eigenvalue weighted by atomic mass is 32.1. The molecule has 1 aliphatic heterocycles. The summed E-state index contributed by atoms with van der Waals surface area (Å²) >= 11 is 1.48. The van der Waals surface area contributed by atoms with Crippen LogP contribution in [0.25, 0.3) is 0 Å². The molecule has 1 aromatic rings. The highest BCUT2D eigenvalue weighted by Gasteiger charge is 2.17. The van der Waals surface area contributed by atoms with E-state index in [4.69, 9.17) is 10.5 Å². The van der Waals surface area contributed by atoms with Gasteiger partial charge in [0.25, 0.3) is 5.91 Å². The zero-order valence-electron chi connectivity index (χ0n) is 9.65. The van der Waals surface area contributed by atoms with Gasteiger partial charge in [0, 0.05) is 30.9 Å². The summed E-state index contributed by atoms with van der Waals surface area (Å²) in [5, 5.41) is 5.59. The fourth-order valence-electron chi connectivity index (χ4n) is 1.73. The second-order valence-electron chi connectivity index (χ2n) is 4.10. The van der Waals surface area contributed by atoms with E-state index in [1.54, 1.807) is 5.38 Å². The summed E-state index contributed by atoms with van der Waals surface area (Å²) in [6.45, 7) is 2.78. The van der Waals surface area contributed by atoms with E-state index < -0.39 is 0 Å². The lowest BCUT2D eigenvalue weighted by atomic mass is 10.1. The quantitative estimate of drug-likeness (QED) is 0.799. The zero-order chi connectivity index (χ0) is 12.1. The number of hydrogen-bond acceptors (Lipinski definition) is 5. The fraction of sp³-hybridized carbons (Fsp3) is 0.636. The van der Waals surface area contributed by atoms with Crippen molar-refractivity contribution in [3.8, 4) is 0 Å². The summed E-state index contributed by atoms with van der Waals surface area (Å²) in [6, 6.07) is 0. The van der Waals surface area contributed by atoms with Crippen LogP contribution in [-0.4, -0.2) is 37.2 Å². The number of hydrogen-bond donors (Lipinski definition) is 2. The molecule has 1 amide bonds. The molecule has 2 heterocycles. The smallest absolute Gasteiger partial charge is 0.270 e. The number of thiazole rings is 1. The van der Waals surface area contributed by atoms with Gasteiger partial charge >= 0.3 is 0 Å². The molecule has 1 saturated heterocycles. The van der Waals surface area contributed by atoms with Crippen molar-refractivity contribution in [3.05, 3.63) is 16.1 Å². The van der Waals surface area contributed by atoms with E-state index in [0.717, 1.165) is 31.1 Å². The van der Waals surface area contributed by atoms with Gasteiger partial charge in [-0.1, -0.05) is 0 Å². The number of ether oxygens (including phenoxy) is 1. The molecule has 3 N–H and O–H groups in total. The molecule has 1 aliphatic rings. The van der Waals surface area contributed by atoms with E-state index in [9.17, 15) is 4.79 Å². The van der Waals surface area contributed by atoms with Crippen molar-refractivity contribution in [1.29, 1.82) is 0 Å². The van der Waals surface area contributed by atoms with Gasteiger partial charge in [-0.15, -0.1) is 11.3 Å². The van der Waals surface area contributed by atoms with Gasteiger partial charge in [-0.25, -0.2) is 4.98 Å². The number of nitrogens with one attached hydrogen (secondary N) is 1. The van der Waals surface area contributed by atoms with E-state index in [-0.39, 0.29) is 5.91 Å². The molecular formula is C11H17N3O2S. The van der Waals surface area contributed by atoms with Crippen molar-refractivity contribution in [1.82, 2.24) is 10.3 Å². The standard InChI is InChI=1S/C11H17N3O2S/c12-3-1-10-14-9(7-17-10)11(15)13-5-8-2-4-16-6-8/h7-8H,1-6,12H2,(H,13,15). The topological polar surface area (TPSA) is 77.2 Å². The predicted molar refractivity (Wildman–Crippen MR) is 66.1 cm³/mol. The van der Waals surface area contributed by atoms with Crippen LogP contribution in [0.15, 0.2) is 5.38 Å². The second kappa shape index (κ2) is 6.09. The number of aromatic nitrogens is 1. The number of amides is 1. The highest BCUT2D eigenvalue weighted by Crippen LogP contribution is 2.12. The molecule has 0 aromatic carbocycles. The van der Waals surface area contributed by atoms with Crippen molar-refractivity contribution < 1.29 is 9.53 Å². The minimum atomic E-state index is -0.101. The molecule has 6 heteroatoms. The number of carbonyl (C=O) groups excluding carboxylic acids is 1. The Balaban J connectivity index is 1.81. The van der Waals surface area contributed by atoms with Crippen LogP contribution in [0, 0.1) is 5.92 Å². The number of nitrogens with two attached hydrogens (primary N) is 1. The molecule has 1 atom stereocenters. The Morgan fingerprint density at radius 1 is 1.71 bits per heavy atom. The first-order chi connectivity index (χ1) is 8.29. The summed E-state index contributed by atoms with van der Waals surface area (Å²) < 4.78 is 5.25. The van der Waals surface area contributed by atoms with E-state index >= 15 is 0 Å². The molecule has 1 unspecified atom stereocenters. The molecule has 0 spiro atoms. The van der Waals surface area contributed by atoms with Crippen LogP contribution in [-0.2, 0) is 11.2 Å². The van der Waals surface area contributed by atoms with Gasteiger partial charge in [0.05, 0.1) is 11.6 Å². The summed E-state index contributed by atoms with van der Waals surface area (Å²) in [5.41, 5.74) is 5.94. The maximum atomic E-state index is 11.8. The average Bonchev–Trinajstić information content (AvgIpc) is 2.97. The molecular weight excluding hydrogens is 238 g/mol. The van der Waals surface area contributed by atoms with Crippen LogP contribution in [0.5, 0.6) is 0 Å². The fourth-order valence-corrected chi connectivity index (χ4v) is 2.52. The van der Waals surface area contributed by atoms with Gasteiger partial charge in [-0.3, -0.25) is 4.79 Å². The zero-order valence-corrected chi connectivity index (χ0v) is 10.5. The Labute approximate surface area is 104 Å². The second-order valence-corrected chi connectivity index (χ2v) is 5.05. The minimum Gasteiger partial charge on any atom is -0.381 e. The number of nitrogens with zero attached hydrogens (tertiary/aromatic N) is 1. The molecule has 0 aliphatic carbocycles. The van der Waals surface area contributed by atoms with E-state index in [1.807, 2.05) is 0 Å². The molecule has 5 nitrogen and oxygen atoms in total. The van der Waals surface area contributed by atoms with E-state index in [2.05, 4.69) is 10.3 Å². The van der Waals surface area contributed by atoms with E-state index in [1.165, 1.54) is 11.3 Å². The van der Waals surface area contributed by atoms with Crippen LogP contribution < -0.4 is 11.1 Å². The molecule has 0 radical (unpaired) electrons. The summed E-state index contributed by atoms with van der Waals surface area (Å²) in [4.78, 5) is 16.0. The molecule has 94 valence electrons. The van der Waals surface area contributed by atoms with Crippen molar-refractivity contribution in [2.24, 2.45) is 11.7 Å². The maximum absolute atomic E-state index is 11.8. The molecule has 17 heavy (non-hydrogen) atoms. The Kier molecular flexibility index (Phi) is 4.47. The maximum Gasteiger partial charge on any atom is 0.270 e. The van der Waals surface area contributed by atoms with Crippen molar-refractivity contribution >= 4 is 17.2 Å². The molecule has 2 rings (SSSR count). The lowest BCUT2D eigenvalue weighted by Crippen LogP contribution is -2.29. The van der Waals surface area contributed by atoms with Gasteiger partial charge in [0.2, 0.25) is 0 Å². The predicted octanol–water partition coefficient (Wildman–Crippen LogP) is 0.411.